The molecular weight excluding hydrogens is 513 g/mol. The average Bonchev–Trinajstić information content (AvgIpc) is 3.60. The minimum absolute atomic E-state index is 0.0237. The Labute approximate surface area is 242 Å². The fourth-order valence-corrected chi connectivity index (χ4v) is 7.73. The summed E-state index contributed by atoms with van der Waals surface area (Å²) in [5.74, 6) is 1.78. The molecule has 1 aromatic heterocycles. The lowest BCUT2D eigenvalue weighted by atomic mass is 9.45. The van der Waals surface area contributed by atoms with Gasteiger partial charge in [0.25, 0.3) is 0 Å². The van der Waals surface area contributed by atoms with E-state index in [4.69, 9.17) is 19.0 Å². The molecule has 41 heavy (non-hydrogen) atoms. The lowest BCUT2D eigenvalue weighted by Gasteiger charge is -2.63. The van der Waals surface area contributed by atoms with Crippen molar-refractivity contribution in [2.45, 2.75) is 83.2 Å². The summed E-state index contributed by atoms with van der Waals surface area (Å²) in [6.07, 6.45) is 3.55. The van der Waals surface area contributed by atoms with Gasteiger partial charge in [-0.15, -0.1) is 0 Å². The molecule has 0 unspecified atom stereocenters. The molecule has 3 aliphatic carbocycles. The number of nitrogens with one attached hydrogen (secondary N) is 2. The highest BCUT2D eigenvalue weighted by Crippen LogP contribution is 2.64. The Morgan fingerprint density at radius 3 is 2.71 bits per heavy atom. The van der Waals surface area contributed by atoms with Crippen LogP contribution < -0.4 is 15.4 Å². The zero-order valence-corrected chi connectivity index (χ0v) is 24.4. The summed E-state index contributed by atoms with van der Waals surface area (Å²) in [6.45, 7) is 9.61. The number of rotatable bonds is 7. The van der Waals surface area contributed by atoms with E-state index in [1.807, 2.05) is 48.5 Å². The predicted octanol–water partition coefficient (Wildman–Crippen LogP) is 5.17. The quantitative estimate of drug-likeness (QED) is 0.393. The molecule has 2 saturated heterocycles. The summed E-state index contributed by atoms with van der Waals surface area (Å²) in [7, 11) is -0.415. The number of ether oxygens (including phenoxy) is 1. The van der Waals surface area contributed by atoms with Crippen LogP contribution in [0.4, 0.5) is 0 Å². The van der Waals surface area contributed by atoms with E-state index in [9.17, 15) is 4.79 Å². The number of fused-ring (bicyclic) bond motifs is 1. The van der Waals surface area contributed by atoms with Crippen molar-refractivity contribution < 1.29 is 18.8 Å². The molecule has 3 heterocycles. The molecular formula is C33H40BN3O4. The van der Waals surface area contributed by atoms with Crippen LogP contribution in [0.3, 0.4) is 0 Å². The van der Waals surface area contributed by atoms with Gasteiger partial charge in [0, 0.05) is 30.0 Å². The van der Waals surface area contributed by atoms with Crippen molar-refractivity contribution in [3.8, 4) is 17.0 Å². The Kier molecular flexibility index (Phi) is 6.64. The molecule has 5 aliphatic rings. The zero-order valence-electron chi connectivity index (χ0n) is 24.4. The number of para-hydroxylation sites is 1. The number of carbonyl (C=O) groups excluding carboxylic acids is 1. The molecule has 0 spiro atoms. The third-order valence-electron chi connectivity index (χ3n) is 10.4. The monoisotopic (exact) mass is 553 g/mol. The first-order valence-electron chi connectivity index (χ1n) is 15.2. The number of aromatic nitrogens is 1. The highest BCUT2D eigenvalue weighted by Gasteiger charge is 2.67. The van der Waals surface area contributed by atoms with Crippen LogP contribution in [0.2, 0.25) is 0 Å². The molecule has 8 heteroatoms. The normalized spacial score (nSPS) is 32.3. The van der Waals surface area contributed by atoms with E-state index in [0.29, 0.717) is 30.2 Å². The Bertz CT molecular complexity index is 1450. The molecule has 3 saturated carbocycles. The van der Waals surface area contributed by atoms with Crippen LogP contribution in [0.15, 0.2) is 60.7 Å². The maximum Gasteiger partial charge on any atom is 0.481 e. The van der Waals surface area contributed by atoms with Crippen LogP contribution in [-0.4, -0.2) is 54.3 Å². The summed E-state index contributed by atoms with van der Waals surface area (Å²) in [5, 5.41) is 7.61. The fraction of sp³-hybridized carbons (Fsp3) is 0.515. The van der Waals surface area contributed by atoms with Crippen molar-refractivity contribution in [1.29, 1.82) is 0 Å². The van der Waals surface area contributed by atoms with Crippen LogP contribution in [-0.2, 0) is 14.1 Å². The van der Waals surface area contributed by atoms with Gasteiger partial charge in [-0.25, -0.2) is 4.98 Å². The molecule has 2 N–H and O–H groups in total. The summed E-state index contributed by atoms with van der Waals surface area (Å²) in [5.41, 5.74) is 2.85. The molecule has 2 bridgehead atoms. The summed E-state index contributed by atoms with van der Waals surface area (Å²) < 4.78 is 19.7. The summed E-state index contributed by atoms with van der Waals surface area (Å²) in [6, 6.07) is 19.9. The van der Waals surface area contributed by atoms with E-state index in [0.717, 1.165) is 40.8 Å². The van der Waals surface area contributed by atoms with Crippen molar-refractivity contribution in [1.82, 2.24) is 15.6 Å². The van der Waals surface area contributed by atoms with Crippen LogP contribution in [0.1, 0.15) is 53.4 Å². The maximum absolute atomic E-state index is 13.4. The lowest BCUT2D eigenvalue weighted by Crippen LogP contribution is -2.63. The molecule has 2 aliphatic heterocycles. The Hall–Kier alpha value is -2.94. The van der Waals surface area contributed by atoms with E-state index in [2.05, 4.69) is 50.5 Å². The third-order valence-corrected chi connectivity index (χ3v) is 10.4. The van der Waals surface area contributed by atoms with Gasteiger partial charge in [0.15, 0.2) is 0 Å². The second kappa shape index (κ2) is 10.1. The topological polar surface area (TPSA) is 81.7 Å². The first-order chi connectivity index (χ1) is 19.7. The Balaban J connectivity index is 1.02. The first-order valence-corrected chi connectivity index (χ1v) is 15.2. The lowest BCUT2D eigenvalue weighted by molar-refractivity contribution is -0.185. The zero-order chi connectivity index (χ0) is 28.4. The smallest absolute Gasteiger partial charge is 0.481 e. The summed E-state index contributed by atoms with van der Waals surface area (Å²) >= 11 is 0. The van der Waals surface area contributed by atoms with Crippen LogP contribution in [0.25, 0.3) is 22.2 Å². The average molecular weight is 554 g/mol. The number of hydrogen-bond donors (Lipinski definition) is 2. The highest BCUT2D eigenvalue weighted by atomic mass is 16.7. The number of pyridine rings is 1. The number of nitrogens with zero attached hydrogens (tertiary/aromatic N) is 1. The molecule has 5 fully saturated rings. The Morgan fingerprint density at radius 1 is 1.15 bits per heavy atom. The van der Waals surface area contributed by atoms with E-state index < -0.39 is 7.12 Å². The van der Waals surface area contributed by atoms with Gasteiger partial charge >= 0.3 is 7.12 Å². The summed E-state index contributed by atoms with van der Waals surface area (Å²) in [4.78, 5) is 18.3. The SMILES string of the molecule is CC[C@H](NC(=O)[C@@H]1C[C@@H](Oc2cc(-c3ccccc3)nc3ccccc23)CN1)B1O[C@H]2[C@H]3C[C@@H](C[C@@]2(C)O1)C3(C)C. The number of benzene rings is 2. The van der Waals surface area contributed by atoms with Crippen molar-refractivity contribution in [3.05, 3.63) is 60.7 Å². The van der Waals surface area contributed by atoms with Gasteiger partial charge in [0.2, 0.25) is 5.91 Å². The second-order valence-corrected chi connectivity index (χ2v) is 13.3. The molecule has 214 valence electrons. The molecule has 0 radical (unpaired) electrons. The third kappa shape index (κ3) is 4.64. The van der Waals surface area contributed by atoms with E-state index >= 15 is 0 Å². The Morgan fingerprint density at radius 2 is 1.93 bits per heavy atom. The fourth-order valence-electron chi connectivity index (χ4n) is 7.73. The van der Waals surface area contributed by atoms with E-state index in [1.165, 1.54) is 6.42 Å². The molecule has 2 aromatic carbocycles. The second-order valence-electron chi connectivity index (χ2n) is 13.3. The molecule has 1 amide bonds. The predicted molar refractivity (Wildman–Crippen MR) is 160 cm³/mol. The van der Waals surface area contributed by atoms with Gasteiger partial charge in [-0.2, -0.15) is 0 Å². The van der Waals surface area contributed by atoms with Crippen LogP contribution in [0, 0.1) is 17.3 Å². The van der Waals surface area contributed by atoms with Crippen LogP contribution >= 0.6 is 0 Å². The van der Waals surface area contributed by atoms with Gasteiger partial charge < -0.3 is 24.7 Å². The molecule has 8 rings (SSSR count). The van der Waals surface area contributed by atoms with Gasteiger partial charge in [0.05, 0.1) is 34.9 Å². The van der Waals surface area contributed by atoms with Gasteiger partial charge in [0.1, 0.15) is 11.9 Å². The van der Waals surface area contributed by atoms with Crippen molar-refractivity contribution in [3.63, 3.8) is 0 Å². The standard InChI is InChI=1S/C33H40BN3O4/c1-5-29(34-40-30-24-15-21(32(24,2)3)18-33(30,4)41-34)37-31(38)27-16-22(19-35-27)39-28-17-26(20-11-7-6-8-12-20)36-25-14-10-9-13-23(25)28/h6-14,17,21-22,24,27,29-30,35H,5,15-16,18-19H2,1-4H3,(H,37,38)/t21-,22+,24+,27-,29-,30-,33+/m0/s1. The van der Waals surface area contributed by atoms with Crippen LogP contribution in [0.5, 0.6) is 5.75 Å². The maximum atomic E-state index is 13.4. The molecule has 7 atom stereocenters. The largest absolute Gasteiger partial charge is 0.488 e. The van der Waals surface area contributed by atoms with E-state index in [-0.39, 0.29) is 35.7 Å². The number of carbonyl (C=O) groups is 1. The molecule has 3 aromatic rings. The molecule has 7 nitrogen and oxygen atoms in total. The van der Waals surface area contributed by atoms with Crippen molar-refractivity contribution in [2.24, 2.45) is 17.3 Å². The van der Waals surface area contributed by atoms with Crippen molar-refractivity contribution >= 4 is 23.9 Å². The van der Waals surface area contributed by atoms with Gasteiger partial charge in [-0.3, -0.25) is 4.79 Å². The van der Waals surface area contributed by atoms with Gasteiger partial charge in [-0.1, -0.05) is 63.2 Å². The van der Waals surface area contributed by atoms with Crippen molar-refractivity contribution in [2.75, 3.05) is 6.54 Å². The number of hydrogen-bond acceptors (Lipinski definition) is 6. The number of amides is 1. The minimum Gasteiger partial charge on any atom is -0.488 e. The first kappa shape index (κ1) is 26.9. The highest BCUT2D eigenvalue weighted by molar-refractivity contribution is 6.47. The minimum atomic E-state index is -0.415. The van der Waals surface area contributed by atoms with Gasteiger partial charge in [-0.05, 0) is 55.6 Å². The van der Waals surface area contributed by atoms with E-state index in [1.54, 1.807) is 0 Å².